The van der Waals surface area contributed by atoms with Gasteiger partial charge in [-0.3, -0.25) is 0 Å². The third kappa shape index (κ3) is 2.35. The van der Waals surface area contributed by atoms with Crippen molar-refractivity contribution in [1.82, 2.24) is 0 Å². The summed E-state index contributed by atoms with van der Waals surface area (Å²) in [6.45, 7) is 0. The van der Waals surface area contributed by atoms with Crippen molar-refractivity contribution < 1.29 is 17.4 Å². The number of fused-ring (bicyclic) bond motifs is 1. The predicted octanol–water partition coefficient (Wildman–Crippen LogP) is 1.21. The average Bonchev–Trinajstić information content (AvgIpc) is 2.26. The Kier molecular flexibility index (Phi) is 2.84. The van der Waals surface area contributed by atoms with Gasteiger partial charge in [0.25, 0.3) is 0 Å². The molecule has 0 spiro atoms. The van der Waals surface area contributed by atoms with Crippen molar-refractivity contribution in [3.05, 3.63) is 36.4 Å². The van der Waals surface area contributed by atoms with E-state index in [-0.39, 0.29) is 4.90 Å². The Morgan fingerprint density at radius 2 is 1.67 bits per heavy atom. The molecule has 2 rings (SSSR count). The number of primary amides is 1. The quantitative estimate of drug-likeness (QED) is 0.626. The molecule has 1 amide bonds. The van der Waals surface area contributed by atoms with Crippen molar-refractivity contribution in [3.63, 3.8) is 0 Å². The maximum Gasteiger partial charge on any atom is 0.420 e. The standard InChI is InChI=1S/C11H10N2O4S/c12-9-3-1-8-6-10(4-2-7(8)5-9)18(15,16)17-11(13)14/h1-6H,12H2,(H2,13,14). The number of amides is 1. The first-order valence-electron chi connectivity index (χ1n) is 4.92. The summed E-state index contributed by atoms with van der Waals surface area (Å²) in [5.74, 6) is 0. The molecular weight excluding hydrogens is 256 g/mol. The summed E-state index contributed by atoms with van der Waals surface area (Å²) >= 11 is 0. The SMILES string of the molecule is NC(=O)OS(=O)(=O)c1ccc2cc(N)ccc2c1. The summed E-state index contributed by atoms with van der Waals surface area (Å²) in [5.41, 5.74) is 10.9. The molecule has 0 unspecified atom stereocenters. The second-order valence-corrected chi connectivity index (χ2v) is 5.17. The van der Waals surface area contributed by atoms with Crippen LogP contribution < -0.4 is 11.5 Å². The van der Waals surface area contributed by atoms with Gasteiger partial charge in [0, 0.05) is 5.69 Å². The lowest BCUT2D eigenvalue weighted by Gasteiger charge is -2.05. The van der Waals surface area contributed by atoms with E-state index >= 15 is 0 Å². The number of anilines is 1. The van der Waals surface area contributed by atoms with Gasteiger partial charge < -0.3 is 15.7 Å². The number of nitrogen functional groups attached to an aromatic ring is 1. The van der Waals surface area contributed by atoms with Crippen LogP contribution in [0.1, 0.15) is 0 Å². The number of rotatable bonds is 2. The van der Waals surface area contributed by atoms with Crippen LogP contribution in [0.5, 0.6) is 0 Å². The lowest BCUT2D eigenvalue weighted by Crippen LogP contribution is -2.18. The van der Waals surface area contributed by atoms with E-state index in [0.717, 1.165) is 5.39 Å². The van der Waals surface area contributed by atoms with Crippen LogP contribution in [0.25, 0.3) is 10.8 Å². The van der Waals surface area contributed by atoms with Crippen LogP contribution in [0.15, 0.2) is 41.3 Å². The molecule has 0 radical (unpaired) electrons. The monoisotopic (exact) mass is 266 g/mol. The Morgan fingerprint density at radius 3 is 2.33 bits per heavy atom. The van der Waals surface area contributed by atoms with Crippen molar-refractivity contribution in [3.8, 4) is 0 Å². The van der Waals surface area contributed by atoms with E-state index in [4.69, 9.17) is 11.5 Å². The molecule has 0 fully saturated rings. The maximum atomic E-state index is 11.6. The van der Waals surface area contributed by atoms with Gasteiger partial charge >= 0.3 is 16.2 Å². The topological polar surface area (TPSA) is 112 Å². The largest absolute Gasteiger partial charge is 0.420 e. The first-order chi connectivity index (χ1) is 8.38. The second kappa shape index (κ2) is 4.19. The highest BCUT2D eigenvalue weighted by Crippen LogP contribution is 2.22. The third-order valence-electron chi connectivity index (χ3n) is 2.32. The first-order valence-corrected chi connectivity index (χ1v) is 6.32. The molecule has 2 aromatic rings. The van der Waals surface area contributed by atoms with Crippen molar-refractivity contribution in [2.75, 3.05) is 5.73 Å². The van der Waals surface area contributed by atoms with E-state index in [1.807, 2.05) is 0 Å². The van der Waals surface area contributed by atoms with Crippen molar-refractivity contribution in [2.24, 2.45) is 5.73 Å². The minimum absolute atomic E-state index is 0.140. The van der Waals surface area contributed by atoms with Gasteiger partial charge in [-0.25, -0.2) is 4.79 Å². The normalized spacial score (nSPS) is 11.3. The van der Waals surface area contributed by atoms with Crippen LogP contribution in [0.4, 0.5) is 10.5 Å². The Balaban J connectivity index is 2.54. The molecule has 0 atom stereocenters. The lowest BCUT2D eigenvalue weighted by molar-refractivity contribution is 0.212. The highest BCUT2D eigenvalue weighted by Gasteiger charge is 2.18. The number of benzene rings is 2. The van der Waals surface area contributed by atoms with E-state index in [0.29, 0.717) is 11.1 Å². The zero-order chi connectivity index (χ0) is 13.3. The van der Waals surface area contributed by atoms with Gasteiger partial charge in [-0.1, -0.05) is 12.1 Å². The Hall–Kier alpha value is -2.28. The van der Waals surface area contributed by atoms with Crippen molar-refractivity contribution in [2.45, 2.75) is 4.90 Å². The first kappa shape index (κ1) is 12.2. The minimum atomic E-state index is -4.17. The molecule has 0 bridgehead atoms. The summed E-state index contributed by atoms with van der Waals surface area (Å²) < 4.78 is 27.3. The summed E-state index contributed by atoms with van der Waals surface area (Å²) in [4.78, 5) is 10.4. The molecule has 4 N–H and O–H groups in total. The van der Waals surface area contributed by atoms with Crippen molar-refractivity contribution in [1.29, 1.82) is 0 Å². The van der Waals surface area contributed by atoms with E-state index in [9.17, 15) is 13.2 Å². The van der Waals surface area contributed by atoms with Crippen LogP contribution in [0.3, 0.4) is 0 Å². The fraction of sp³-hybridized carbons (Fsp3) is 0. The van der Waals surface area contributed by atoms with Gasteiger partial charge in [0.05, 0.1) is 0 Å². The van der Waals surface area contributed by atoms with Gasteiger partial charge in [0.15, 0.2) is 0 Å². The smallest absolute Gasteiger partial charge is 0.399 e. The van der Waals surface area contributed by atoms with E-state index in [2.05, 4.69) is 4.18 Å². The number of nitrogens with two attached hydrogens (primary N) is 2. The average molecular weight is 266 g/mol. The van der Waals surface area contributed by atoms with Gasteiger partial charge in [-0.05, 0) is 35.0 Å². The van der Waals surface area contributed by atoms with E-state index < -0.39 is 16.2 Å². The Labute approximate surface area is 103 Å². The number of carbonyl (C=O) groups excluding carboxylic acids is 1. The summed E-state index contributed by atoms with van der Waals surface area (Å²) in [6.07, 6.45) is -1.37. The van der Waals surface area contributed by atoms with Crippen LogP contribution in [-0.4, -0.2) is 14.5 Å². The molecule has 94 valence electrons. The number of hydrogen-bond donors (Lipinski definition) is 2. The lowest BCUT2D eigenvalue weighted by atomic mass is 10.1. The fourth-order valence-corrected chi connectivity index (χ4v) is 2.37. The van der Waals surface area contributed by atoms with Crippen molar-refractivity contribution >= 4 is 32.7 Å². The van der Waals surface area contributed by atoms with Gasteiger partial charge in [0.1, 0.15) is 4.90 Å². The highest BCUT2D eigenvalue weighted by molar-refractivity contribution is 7.87. The Morgan fingerprint density at radius 1 is 1.06 bits per heavy atom. The molecule has 0 aliphatic heterocycles. The molecule has 18 heavy (non-hydrogen) atoms. The summed E-state index contributed by atoms with van der Waals surface area (Å²) in [5, 5.41) is 1.45. The Bertz CT molecular complexity index is 725. The summed E-state index contributed by atoms with van der Waals surface area (Å²) in [7, 11) is -4.17. The molecule has 6 nitrogen and oxygen atoms in total. The molecule has 2 aromatic carbocycles. The third-order valence-corrected chi connectivity index (χ3v) is 3.53. The van der Waals surface area contributed by atoms with Gasteiger partial charge in [0.2, 0.25) is 0 Å². The molecule has 0 aliphatic rings. The fourth-order valence-electron chi connectivity index (χ4n) is 1.55. The zero-order valence-electron chi connectivity index (χ0n) is 9.16. The van der Waals surface area contributed by atoms with Crippen LogP contribution in [0, 0.1) is 0 Å². The molecule has 0 heterocycles. The highest BCUT2D eigenvalue weighted by atomic mass is 32.2. The van der Waals surface area contributed by atoms with Crippen LogP contribution in [0.2, 0.25) is 0 Å². The molecule has 0 aliphatic carbocycles. The number of carbonyl (C=O) groups is 1. The predicted molar refractivity (Wildman–Crippen MR) is 66.2 cm³/mol. The summed E-state index contributed by atoms with van der Waals surface area (Å²) in [6, 6.07) is 9.30. The molecule has 7 heteroatoms. The van der Waals surface area contributed by atoms with Gasteiger partial charge in [-0.15, -0.1) is 0 Å². The number of hydrogen-bond acceptors (Lipinski definition) is 5. The minimum Gasteiger partial charge on any atom is -0.399 e. The molecule has 0 saturated carbocycles. The maximum absolute atomic E-state index is 11.6. The molecule has 0 aromatic heterocycles. The van der Waals surface area contributed by atoms with Crippen LogP contribution in [-0.2, 0) is 14.3 Å². The molecule has 0 saturated heterocycles. The van der Waals surface area contributed by atoms with E-state index in [1.54, 1.807) is 24.3 Å². The van der Waals surface area contributed by atoms with Crippen LogP contribution >= 0.6 is 0 Å². The van der Waals surface area contributed by atoms with Gasteiger partial charge in [-0.2, -0.15) is 8.42 Å². The second-order valence-electron chi connectivity index (χ2n) is 3.62. The molecular formula is C11H10N2O4S. The van der Waals surface area contributed by atoms with E-state index in [1.165, 1.54) is 12.1 Å². The zero-order valence-corrected chi connectivity index (χ0v) is 9.98.